The molecule has 0 atom stereocenters. The molecular weight excluding hydrogens is 249 g/mol. The van der Waals surface area contributed by atoms with E-state index >= 15 is 0 Å². The highest BCUT2D eigenvalue weighted by Gasteiger charge is 2.11. The van der Waals surface area contributed by atoms with Crippen molar-refractivity contribution in [3.63, 3.8) is 0 Å². The monoisotopic (exact) mass is 261 g/mol. The van der Waals surface area contributed by atoms with Crippen LogP contribution in [0.3, 0.4) is 0 Å². The Kier molecular flexibility index (Phi) is 3.75. The molecule has 19 heavy (non-hydrogen) atoms. The maximum atomic E-state index is 13.2. The quantitative estimate of drug-likeness (QED) is 0.918. The topological polar surface area (TPSA) is 59.4 Å². The van der Waals surface area contributed by atoms with Gasteiger partial charge in [-0.2, -0.15) is 0 Å². The molecule has 0 radical (unpaired) electrons. The first-order chi connectivity index (χ1) is 9.10. The Labute approximate surface area is 109 Å². The van der Waals surface area contributed by atoms with Crippen molar-refractivity contribution in [3.8, 4) is 17.0 Å². The van der Waals surface area contributed by atoms with Crippen LogP contribution in [-0.4, -0.2) is 23.2 Å². The first-order valence-electron chi connectivity index (χ1n) is 5.62. The number of ether oxygens (including phenoxy) is 1. The number of carboxylic acids is 1. The first kappa shape index (κ1) is 13.0. The summed E-state index contributed by atoms with van der Waals surface area (Å²) >= 11 is 0. The number of methoxy groups -OCH3 is 1. The van der Waals surface area contributed by atoms with Gasteiger partial charge >= 0.3 is 5.97 Å². The Hall–Kier alpha value is -2.43. The third-order valence-corrected chi connectivity index (χ3v) is 2.57. The molecule has 0 aliphatic carbocycles. The molecule has 1 N–H and O–H groups in total. The van der Waals surface area contributed by atoms with E-state index in [0.29, 0.717) is 22.7 Å². The fourth-order valence-corrected chi connectivity index (χ4v) is 1.75. The second kappa shape index (κ2) is 5.48. The fraction of sp³-hybridized carbons (Fsp3) is 0.143. The van der Waals surface area contributed by atoms with Crippen LogP contribution < -0.4 is 4.74 Å². The lowest BCUT2D eigenvalue weighted by atomic mass is 10.1. The summed E-state index contributed by atoms with van der Waals surface area (Å²) in [6.07, 6.45) is -0.188. The van der Waals surface area contributed by atoms with Gasteiger partial charge in [0.25, 0.3) is 0 Å². The number of nitrogens with zero attached hydrogens (tertiary/aromatic N) is 1. The largest absolute Gasteiger partial charge is 0.494 e. The lowest BCUT2D eigenvalue weighted by molar-refractivity contribution is -0.136. The molecule has 0 amide bonds. The summed E-state index contributed by atoms with van der Waals surface area (Å²) in [5.74, 6) is -0.882. The van der Waals surface area contributed by atoms with Gasteiger partial charge < -0.3 is 9.84 Å². The van der Waals surface area contributed by atoms with Gasteiger partial charge in [0.2, 0.25) is 0 Å². The SMILES string of the molecule is COc1ccc(CC(=O)O)nc1-c1cccc(F)c1. The normalized spacial score (nSPS) is 10.2. The van der Waals surface area contributed by atoms with Crippen molar-refractivity contribution >= 4 is 5.97 Å². The van der Waals surface area contributed by atoms with E-state index in [4.69, 9.17) is 9.84 Å². The fourth-order valence-electron chi connectivity index (χ4n) is 1.75. The third kappa shape index (κ3) is 3.07. The Morgan fingerprint density at radius 3 is 2.79 bits per heavy atom. The van der Waals surface area contributed by atoms with Gasteiger partial charge in [0.05, 0.1) is 19.2 Å². The standard InChI is InChI=1S/C14H12FNO3/c1-19-12-6-5-11(8-13(17)18)16-14(12)9-3-2-4-10(15)7-9/h2-7H,8H2,1H3,(H,17,18). The summed E-state index contributed by atoms with van der Waals surface area (Å²) in [4.78, 5) is 14.9. The predicted molar refractivity (Wildman–Crippen MR) is 67.5 cm³/mol. The van der Waals surface area contributed by atoms with E-state index in [1.165, 1.54) is 19.2 Å². The summed E-state index contributed by atoms with van der Waals surface area (Å²) in [7, 11) is 1.48. The molecule has 2 rings (SSSR count). The summed E-state index contributed by atoms with van der Waals surface area (Å²) in [5.41, 5.74) is 1.37. The van der Waals surface area contributed by atoms with Crippen molar-refractivity contribution in [3.05, 3.63) is 47.9 Å². The van der Waals surface area contributed by atoms with Crippen molar-refractivity contribution in [2.75, 3.05) is 7.11 Å². The Morgan fingerprint density at radius 2 is 2.16 bits per heavy atom. The van der Waals surface area contributed by atoms with E-state index in [2.05, 4.69) is 4.98 Å². The highest BCUT2D eigenvalue weighted by molar-refractivity contribution is 5.71. The lowest BCUT2D eigenvalue weighted by Gasteiger charge is -2.09. The minimum atomic E-state index is -0.970. The van der Waals surface area contributed by atoms with Crippen LogP contribution in [0, 0.1) is 5.82 Å². The highest BCUT2D eigenvalue weighted by atomic mass is 19.1. The average molecular weight is 261 g/mol. The van der Waals surface area contributed by atoms with Gasteiger partial charge in [-0.3, -0.25) is 4.79 Å². The predicted octanol–water partition coefficient (Wildman–Crippen LogP) is 2.52. The van der Waals surface area contributed by atoms with E-state index in [9.17, 15) is 9.18 Å². The molecule has 98 valence electrons. The summed E-state index contributed by atoms with van der Waals surface area (Å²) < 4.78 is 18.4. The number of halogens is 1. The van der Waals surface area contributed by atoms with Crippen LogP contribution in [0.2, 0.25) is 0 Å². The van der Waals surface area contributed by atoms with Gasteiger partial charge in [0.15, 0.2) is 0 Å². The minimum absolute atomic E-state index is 0.188. The van der Waals surface area contributed by atoms with E-state index < -0.39 is 5.97 Å². The van der Waals surface area contributed by atoms with E-state index in [1.54, 1.807) is 24.3 Å². The smallest absolute Gasteiger partial charge is 0.309 e. The zero-order valence-corrected chi connectivity index (χ0v) is 10.3. The van der Waals surface area contributed by atoms with Crippen LogP contribution in [0.5, 0.6) is 5.75 Å². The highest BCUT2D eigenvalue weighted by Crippen LogP contribution is 2.28. The number of benzene rings is 1. The van der Waals surface area contributed by atoms with Crippen molar-refractivity contribution in [1.82, 2.24) is 4.98 Å². The average Bonchev–Trinajstić information content (AvgIpc) is 2.38. The molecule has 0 saturated heterocycles. The van der Waals surface area contributed by atoms with Gasteiger partial charge in [0, 0.05) is 5.56 Å². The zero-order chi connectivity index (χ0) is 13.8. The van der Waals surface area contributed by atoms with Crippen LogP contribution in [0.25, 0.3) is 11.3 Å². The molecular formula is C14H12FNO3. The van der Waals surface area contributed by atoms with Crippen LogP contribution in [-0.2, 0) is 11.2 Å². The van der Waals surface area contributed by atoms with Crippen LogP contribution in [0.4, 0.5) is 4.39 Å². The second-order valence-electron chi connectivity index (χ2n) is 3.93. The lowest BCUT2D eigenvalue weighted by Crippen LogP contribution is -2.03. The molecule has 1 heterocycles. The van der Waals surface area contributed by atoms with Crippen molar-refractivity contribution in [2.45, 2.75) is 6.42 Å². The van der Waals surface area contributed by atoms with E-state index in [-0.39, 0.29) is 12.2 Å². The Morgan fingerprint density at radius 1 is 1.37 bits per heavy atom. The van der Waals surface area contributed by atoms with Gasteiger partial charge in [-0.05, 0) is 24.3 Å². The molecule has 1 aromatic heterocycles. The molecule has 0 bridgehead atoms. The van der Waals surface area contributed by atoms with Crippen LogP contribution in [0.15, 0.2) is 36.4 Å². The first-order valence-corrected chi connectivity index (χ1v) is 5.62. The summed E-state index contributed by atoms with van der Waals surface area (Å²) in [5, 5.41) is 8.77. The van der Waals surface area contributed by atoms with Gasteiger partial charge in [-0.1, -0.05) is 12.1 Å². The van der Waals surface area contributed by atoms with Crippen molar-refractivity contribution in [2.24, 2.45) is 0 Å². The number of carboxylic acid groups (broad SMARTS) is 1. The third-order valence-electron chi connectivity index (χ3n) is 2.57. The molecule has 0 fully saturated rings. The molecule has 0 aliphatic rings. The summed E-state index contributed by atoms with van der Waals surface area (Å²) in [6.45, 7) is 0. The Balaban J connectivity index is 2.49. The molecule has 0 spiro atoms. The van der Waals surface area contributed by atoms with E-state index in [1.807, 2.05) is 0 Å². The summed E-state index contributed by atoms with van der Waals surface area (Å²) in [6, 6.07) is 9.13. The van der Waals surface area contributed by atoms with E-state index in [0.717, 1.165) is 0 Å². The van der Waals surface area contributed by atoms with Crippen LogP contribution >= 0.6 is 0 Å². The number of aromatic nitrogens is 1. The van der Waals surface area contributed by atoms with Gasteiger partial charge in [0.1, 0.15) is 17.3 Å². The Bertz CT molecular complexity index is 613. The van der Waals surface area contributed by atoms with Gasteiger partial charge in [-0.25, -0.2) is 9.37 Å². The molecule has 2 aromatic rings. The number of pyridine rings is 1. The number of aliphatic carboxylic acids is 1. The molecule has 0 unspecified atom stereocenters. The number of rotatable bonds is 4. The maximum absolute atomic E-state index is 13.2. The molecule has 0 saturated carbocycles. The number of hydrogen-bond acceptors (Lipinski definition) is 3. The molecule has 1 aromatic carbocycles. The second-order valence-corrected chi connectivity index (χ2v) is 3.93. The van der Waals surface area contributed by atoms with Crippen molar-refractivity contribution < 1.29 is 19.0 Å². The van der Waals surface area contributed by atoms with Crippen LogP contribution in [0.1, 0.15) is 5.69 Å². The minimum Gasteiger partial charge on any atom is -0.494 e. The molecule has 0 aliphatic heterocycles. The maximum Gasteiger partial charge on any atom is 0.309 e. The number of hydrogen-bond donors (Lipinski definition) is 1. The zero-order valence-electron chi connectivity index (χ0n) is 10.3. The molecule has 5 heteroatoms. The van der Waals surface area contributed by atoms with Crippen molar-refractivity contribution in [1.29, 1.82) is 0 Å². The van der Waals surface area contributed by atoms with Gasteiger partial charge in [-0.15, -0.1) is 0 Å². The number of carbonyl (C=O) groups is 1. The molecule has 4 nitrogen and oxygen atoms in total.